The molecule has 0 spiro atoms. The first-order chi connectivity index (χ1) is 9.93. The van der Waals surface area contributed by atoms with Crippen LogP contribution in [0.2, 0.25) is 5.02 Å². The third-order valence-corrected chi connectivity index (χ3v) is 3.72. The molecule has 1 N–H and O–H groups in total. The van der Waals surface area contributed by atoms with Gasteiger partial charge in [0.15, 0.2) is 11.6 Å². The summed E-state index contributed by atoms with van der Waals surface area (Å²) < 4.78 is 14.2. The van der Waals surface area contributed by atoms with Gasteiger partial charge in [0.25, 0.3) is 0 Å². The van der Waals surface area contributed by atoms with Crippen LogP contribution in [0.4, 0.5) is 10.2 Å². The normalized spacial score (nSPS) is 12.0. The minimum absolute atomic E-state index is 0.0256. The van der Waals surface area contributed by atoms with Crippen LogP contribution >= 0.6 is 11.6 Å². The van der Waals surface area contributed by atoms with Gasteiger partial charge >= 0.3 is 5.97 Å². The molecule has 1 atom stereocenters. The molecule has 0 radical (unpaired) electrons. The van der Waals surface area contributed by atoms with E-state index < -0.39 is 17.3 Å². The number of carboxylic acid groups (broad SMARTS) is 1. The third-order valence-electron chi connectivity index (χ3n) is 3.37. The van der Waals surface area contributed by atoms with Crippen LogP contribution in [0.5, 0.6) is 0 Å². The third kappa shape index (κ3) is 2.97. The molecule has 1 aromatic carbocycles. The molecule has 110 valence electrons. The Morgan fingerprint density at radius 2 is 2.05 bits per heavy atom. The Morgan fingerprint density at radius 3 is 2.67 bits per heavy atom. The number of benzene rings is 1. The summed E-state index contributed by atoms with van der Waals surface area (Å²) in [4.78, 5) is 16.5. The number of hydrogen-bond donors (Lipinski definition) is 1. The summed E-state index contributed by atoms with van der Waals surface area (Å²) >= 11 is 6.14. The fourth-order valence-electron chi connectivity index (χ4n) is 2.05. The Hall–Kier alpha value is -2.14. The maximum Gasteiger partial charge on any atom is 0.338 e. The van der Waals surface area contributed by atoms with E-state index in [1.165, 1.54) is 6.20 Å². The fraction of sp³-hybridized carbons (Fsp3) is 0.200. The molecule has 0 aliphatic heterocycles. The zero-order valence-electron chi connectivity index (χ0n) is 11.5. The first-order valence-corrected chi connectivity index (χ1v) is 6.66. The summed E-state index contributed by atoms with van der Waals surface area (Å²) in [6.07, 6.45) is 1.28. The molecule has 1 heterocycles. The minimum Gasteiger partial charge on any atom is -0.478 e. The summed E-state index contributed by atoms with van der Waals surface area (Å²) in [7, 11) is 1.64. The van der Waals surface area contributed by atoms with Gasteiger partial charge in [0.05, 0.1) is 6.04 Å². The lowest BCUT2D eigenvalue weighted by Gasteiger charge is -2.27. The maximum atomic E-state index is 14.2. The molecule has 2 rings (SSSR count). The van der Waals surface area contributed by atoms with E-state index in [1.54, 1.807) is 18.0 Å². The molecular weight excluding hydrogens is 295 g/mol. The molecule has 0 bridgehead atoms. The van der Waals surface area contributed by atoms with Gasteiger partial charge in [0.2, 0.25) is 0 Å². The lowest BCUT2D eigenvalue weighted by atomic mass is 10.1. The number of pyridine rings is 1. The summed E-state index contributed by atoms with van der Waals surface area (Å²) in [6, 6.07) is 8.10. The lowest BCUT2D eigenvalue weighted by Crippen LogP contribution is -2.24. The average Bonchev–Trinajstić information content (AvgIpc) is 2.46. The van der Waals surface area contributed by atoms with Crippen LogP contribution in [-0.4, -0.2) is 23.1 Å². The SMILES string of the molecule is CC(c1ccccc1Cl)N(C)c1nccc(C(=O)O)c1F. The Bertz CT molecular complexity index is 678. The highest BCUT2D eigenvalue weighted by atomic mass is 35.5. The quantitative estimate of drug-likeness (QED) is 0.934. The maximum absolute atomic E-state index is 14.2. The van der Waals surface area contributed by atoms with Crippen molar-refractivity contribution in [3.8, 4) is 0 Å². The van der Waals surface area contributed by atoms with Crippen molar-refractivity contribution in [2.75, 3.05) is 11.9 Å². The first-order valence-electron chi connectivity index (χ1n) is 6.28. The number of rotatable bonds is 4. The lowest BCUT2D eigenvalue weighted by molar-refractivity contribution is 0.0691. The van der Waals surface area contributed by atoms with Gasteiger partial charge in [0, 0.05) is 18.3 Å². The van der Waals surface area contributed by atoms with E-state index in [9.17, 15) is 9.18 Å². The predicted molar refractivity (Wildman–Crippen MR) is 79.4 cm³/mol. The molecule has 0 saturated heterocycles. The Morgan fingerprint density at radius 1 is 1.38 bits per heavy atom. The highest BCUT2D eigenvalue weighted by molar-refractivity contribution is 6.31. The largest absolute Gasteiger partial charge is 0.478 e. The molecule has 21 heavy (non-hydrogen) atoms. The van der Waals surface area contributed by atoms with Crippen molar-refractivity contribution >= 4 is 23.4 Å². The fourth-order valence-corrected chi connectivity index (χ4v) is 2.34. The molecule has 1 unspecified atom stereocenters. The Kier molecular flexibility index (Phi) is 4.43. The van der Waals surface area contributed by atoms with Gasteiger partial charge in [-0.05, 0) is 24.6 Å². The van der Waals surface area contributed by atoms with Gasteiger partial charge in [-0.2, -0.15) is 0 Å². The number of hydrogen-bond acceptors (Lipinski definition) is 3. The van der Waals surface area contributed by atoms with Crippen molar-refractivity contribution in [2.45, 2.75) is 13.0 Å². The van der Waals surface area contributed by atoms with Gasteiger partial charge in [-0.1, -0.05) is 29.8 Å². The summed E-state index contributed by atoms with van der Waals surface area (Å²) in [5.41, 5.74) is 0.404. The number of aromatic carboxylic acids is 1. The average molecular weight is 309 g/mol. The smallest absolute Gasteiger partial charge is 0.338 e. The second-order valence-electron chi connectivity index (χ2n) is 4.61. The van der Waals surface area contributed by atoms with Crippen LogP contribution < -0.4 is 4.90 Å². The highest BCUT2D eigenvalue weighted by Gasteiger charge is 2.22. The number of carbonyl (C=O) groups is 1. The van der Waals surface area contributed by atoms with E-state index in [0.717, 1.165) is 11.6 Å². The molecule has 2 aromatic rings. The van der Waals surface area contributed by atoms with E-state index in [1.807, 2.05) is 25.1 Å². The van der Waals surface area contributed by atoms with Gasteiger partial charge in [0.1, 0.15) is 5.56 Å². The van der Waals surface area contributed by atoms with E-state index in [0.29, 0.717) is 5.02 Å². The Balaban J connectivity index is 2.41. The molecule has 4 nitrogen and oxygen atoms in total. The van der Waals surface area contributed by atoms with Gasteiger partial charge in [-0.15, -0.1) is 0 Å². The van der Waals surface area contributed by atoms with E-state index >= 15 is 0 Å². The van der Waals surface area contributed by atoms with E-state index in [4.69, 9.17) is 16.7 Å². The summed E-state index contributed by atoms with van der Waals surface area (Å²) in [5.74, 6) is -2.20. The number of halogens is 2. The zero-order valence-corrected chi connectivity index (χ0v) is 12.3. The number of carboxylic acids is 1. The van der Waals surface area contributed by atoms with E-state index in [-0.39, 0.29) is 11.9 Å². The minimum atomic E-state index is -1.32. The van der Waals surface area contributed by atoms with Crippen LogP contribution in [0, 0.1) is 5.82 Å². The number of anilines is 1. The number of aromatic nitrogens is 1. The van der Waals surface area contributed by atoms with Crippen LogP contribution in [0.15, 0.2) is 36.5 Å². The van der Waals surface area contributed by atoms with Gasteiger partial charge in [-0.25, -0.2) is 14.2 Å². The monoisotopic (exact) mass is 308 g/mol. The predicted octanol–water partition coefficient (Wildman–Crippen LogP) is 3.77. The number of nitrogens with zero attached hydrogens (tertiary/aromatic N) is 2. The van der Waals surface area contributed by atoms with Crippen LogP contribution in [0.1, 0.15) is 28.9 Å². The van der Waals surface area contributed by atoms with E-state index in [2.05, 4.69) is 4.98 Å². The summed E-state index contributed by atoms with van der Waals surface area (Å²) in [5, 5.41) is 9.53. The van der Waals surface area contributed by atoms with Crippen LogP contribution in [0.3, 0.4) is 0 Å². The molecule has 1 aromatic heterocycles. The van der Waals surface area contributed by atoms with Crippen LogP contribution in [-0.2, 0) is 0 Å². The molecule has 0 fully saturated rings. The van der Waals surface area contributed by atoms with Crippen molar-refractivity contribution in [2.24, 2.45) is 0 Å². The summed E-state index contributed by atoms with van der Waals surface area (Å²) in [6.45, 7) is 1.84. The Labute approximate surface area is 126 Å². The van der Waals surface area contributed by atoms with Crippen molar-refractivity contribution in [3.63, 3.8) is 0 Å². The van der Waals surface area contributed by atoms with Gasteiger partial charge in [-0.3, -0.25) is 0 Å². The second-order valence-corrected chi connectivity index (χ2v) is 5.02. The van der Waals surface area contributed by atoms with Crippen molar-refractivity contribution in [3.05, 3.63) is 58.5 Å². The molecular formula is C15H14ClFN2O2. The molecule has 6 heteroatoms. The zero-order chi connectivity index (χ0) is 15.6. The molecule has 0 saturated carbocycles. The second kappa shape index (κ2) is 6.10. The molecule has 0 aliphatic rings. The highest BCUT2D eigenvalue weighted by Crippen LogP contribution is 2.30. The van der Waals surface area contributed by atoms with Crippen molar-refractivity contribution in [1.82, 2.24) is 4.98 Å². The topological polar surface area (TPSA) is 53.4 Å². The standard InChI is InChI=1S/C15H14ClFN2O2/c1-9(10-5-3-4-6-12(10)16)19(2)14-13(17)11(15(20)21)7-8-18-14/h3-9H,1-2H3,(H,20,21). The molecule has 0 amide bonds. The van der Waals surface area contributed by atoms with Gasteiger partial charge < -0.3 is 10.0 Å². The van der Waals surface area contributed by atoms with Crippen LogP contribution in [0.25, 0.3) is 0 Å². The van der Waals surface area contributed by atoms with Crippen molar-refractivity contribution in [1.29, 1.82) is 0 Å². The molecule has 0 aliphatic carbocycles. The van der Waals surface area contributed by atoms with Crippen molar-refractivity contribution < 1.29 is 14.3 Å². The first kappa shape index (κ1) is 15.3.